The molecule has 1 saturated heterocycles. The van der Waals surface area contributed by atoms with Crippen molar-refractivity contribution in [2.45, 2.75) is 78.0 Å². The van der Waals surface area contributed by atoms with Gasteiger partial charge >= 0.3 is 5.51 Å². The van der Waals surface area contributed by atoms with E-state index in [-0.39, 0.29) is 17.5 Å². The minimum absolute atomic E-state index is 0.00406. The zero-order valence-corrected chi connectivity index (χ0v) is 36.2. The minimum atomic E-state index is -5.98. The van der Waals surface area contributed by atoms with Crippen molar-refractivity contribution in [3.05, 3.63) is 95.9 Å². The molecule has 1 atom stereocenters. The first-order valence-electron chi connectivity index (χ1n) is 19.6. The number of sulfonamides is 1. The summed E-state index contributed by atoms with van der Waals surface area (Å²) in [5.74, 6) is 7.02. The van der Waals surface area contributed by atoms with Gasteiger partial charge in [0.25, 0.3) is 19.9 Å². The van der Waals surface area contributed by atoms with Crippen LogP contribution in [0.2, 0.25) is 0 Å². The van der Waals surface area contributed by atoms with Gasteiger partial charge in [-0.05, 0) is 103 Å². The van der Waals surface area contributed by atoms with Gasteiger partial charge in [0, 0.05) is 53.5 Å². The number of para-hydroxylation sites is 1. The normalized spacial score (nSPS) is 16.1. The first kappa shape index (κ1) is 45.2. The van der Waals surface area contributed by atoms with Gasteiger partial charge in [-0.3, -0.25) is 14.5 Å². The number of sulfone groups is 1. The fourth-order valence-corrected chi connectivity index (χ4v) is 10.4. The summed E-state index contributed by atoms with van der Waals surface area (Å²) in [6.07, 6.45) is 4.02. The zero-order valence-electron chi connectivity index (χ0n) is 33.8. The highest BCUT2D eigenvalue weighted by molar-refractivity contribution is 7.99. The molecule has 2 N–H and O–H groups in total. The predicted molar refractivity (Wildman–Crippen MR) is 228 cm³/mol. The molecule has 0 unspecified atom stereocenters. The van der Waals surface area contributed by atoms with E-state index >= 15 is 0 Å². The summed E-state index contributed by atoms with van der Waals surface area (Å²) in [6, 6.07) is 20.0. The van der Waals surface area contributed by atoms with Gasteiger partial charge in [-0.25, -0.2) is 26.8 Å². The Bertz CT molecular complexity index is 2370. The molecule has 0 spiro atoms. The molecule has 0 bridgehead atoms. The number of hydrogen-bond acceptors (Lipinski definition) is 12. The van der Waals surface area contributed by atoms with Crippen LogP contribution in [0, 0.1) is 11.8 Å². The second-order valence-corrected chi connectivity index (χ2v) is 19.7. The van der Waals surface area contributed by atoms with Crippen LogP contribution in [-0.2, 0) is 39.4 Å². The molecule has 4 aromatic rings. The molecule has 60 heavy (non-hydrogen) atoms. The van der Waals surface area contributed by atoms with Crippen molar-refractivity contribution in [1.82, 2.24) is 24.7 Å². The van der Waals surface area contributed by atoms with Crippen molar-refractivity contribution >= 4 is 43.1 Å². The van der Waals surface area contributed by atoms with Gasteiger partial charge in [0.2, 0.25) is 0 Å². The number of alkyl halides is 3. The average Bonchev–Trinajstić information content (AvgIpc) is 3.22. The number of anilines is 2. The van der Waals surface area contributed by atoms with Gasteiger partial charge < -0.3 is 15.0 Å². The summed E-state index contributed by atoms with van der Waals surface area (Å²) >= 11 is 1.47. The van der Waals surface area contributed by atoms with E-state index in [1.807, 2.05) is 67.5 Å². The number of piperidine rings is 1. The van der Waals surface area contributed by atoms with Crippen LogP contribution in [0.25, 0.3) is 0 Å². The average molecular weight is 886 g/mol. The van der Waals surface area contributed by atoms with Crippen molar-refractivity contribution in [2.75, 3.05) is 62.7 Å². The van der Waals surface area contributed by atoms with E-state index in [1.165, 1.54) is 18.1 Å². The Hall–Kier alpha value is -4.38. The van der Waals surface area contributed by atoms with Crippen LogP contribution < -0.4 is 14.8 Å². The smallest absolute Gasteiger partial charge is 0.481 e. The van der Waals surface area contributed by atoms with Crippen molar-refractivity contribution in [3.8, 4) is 17.6 Å². The van der Waals surface area contributed by atoms with E-state index in [9.17, 15) is 30.0 Å². The van der Waals surface area contributed by atoms with E-state index in [0.29, 0.717) is 62.2 Å². The van der Waals surface area contributed by atoms with Crippen molar-refractivity contribution in [3.63, 3.8) is 0 Å². The summed E-state index contributed by atoms with van der Waals surface area (Å²) in [7, 11) is -6.88. The number of ether oxygens (including phenoxy) is 1. The van der Waals surface area contributed by atoms with Crippen LogP contribution in [0.1, 0.15) is 43.0 Å². The molecule has 2 aliphatic heterocycles. The number of likely N-dealkylation sites (tertiary alicyclic amines) is 1. The standard InChI is InChI=1S/C42H50F3N7O5S3/c1-4-5-25-57-39-14-10-9-11-31(39)27-51-22-18-33(19-23-51)52-24-20-36-38(28-52)46-30-47-41(36)49-60(55,56)35-15-16-37(40(26-35)59(53,54)42(43,44)45)48-32(17-21-50(2)3)29-58-34-12-7-6-8-13-34/h6-16,26,30,32-33,48H,17-25,27-29H2,1-3H3,(H,46,47,49)/t32-/m1/s1. The SMILES string of the molecule is CC#CCOc1ccccc1CN1CCC(N2CCc3c(ncnc3NS(=O)(=O)c3ccc(N[C@H](CCN(C)C)CSc4ccccc4)c(S(=O)(=O)C(F)(F)F)c3)C2)CC1. The third-order valence-corrected chi connectivity index (χ3v) is 14.6. The van der Waals surface area contributed by atoms with Crippen molar-refractivity contribution in [1.29, 1.82) is 0 Å². The lowest BCUT2D eigenvalue weighted by Gasteiger charge is -2.40. The Balaban J connectivity index is 1.15. The van der Waals surface area contributed by atoms with Crippen LogP contribution >= 0.6 is 11.8 Å². The first-order chi connectivity index (χ1) is 28.6. The molecular weight excluding hydrogens is 836 g/mol. The molecule has 0 amide bonds. The molecule has 12 nitrogen and oxygen atoms in total. The molecule has 1 aromatic heterocycles. The van der Waals surface area contributed by atoms with Gasteiger partial charge in [-0.15, -0.1) is 17.7 Å². The predicted octanol–water partition coefficient (Wildman–Crippen LogP) is 6.52. The zero-order chi connectivity index (χ0) is 42.9. The van der Waals surface area contributed by atoms with Gasteiger partial charge in [0.1, 0.15) is 29.4 Å². The molecule has 1 fully saturated rings. The molecule has 0 saturated carbocycles. The largest absolute Gasteiger partial charge is 0.501 e. The van der Waals surface area contributed by atoms with Gasteiger partial charge in [0.15, 0.2) is 0 Å². The lowest BCUT2D eigenvalue weighted by Crippen LogP contribution is -2.46. The number of hydrogen-bond donors (Lipinski definition) is 2. The highest BCUT2D eigenvalue weighted by Gasteiger charge is 2.48. The third kappa shape index (κ3) is 11.5. The molecule has 6 rings (SSSR count). The topological polar surface area (TPSA) is 137 Å². The van der Waals surface area contributed by atoms with Crippen LogP contribution in [0.4, 0.5) is 24.7 Å². The van der Waals surface area contributed by atoms with E-state index in [2.05, 4.69) is 47.7 Å². The molecule has 3 heterocycles. The number of nitrogens with zero attached hydrogens (tertiary/aromatic N) is 5. The summed E-state index contributed by atoms with van der Waals surface area (Å²) in [4.78, 5) is 14.4. The van der Waals surface area contributed by atoms with Crippen molar-refractivity contribution in [2.24, 2.45) is 0 Å². The lowest BCUT2D eigenvalue weighted by molar-refractivity contribution is -0.0435. The second kappa shape index (κ2) is 20.0. The van der Waals surface area contributed by atoms with Crippen LogP contribution in [0.3, 0.4) is 0 Å². The molecule has 322 valence electrons. The van der Waals surface area contributed by atoms with E-state index in [1.54, 1.807) is 6.92 Å². The fraction of sp³-hybridized carbons (Fsp3) is 0.429. The Morgan fingerprint density at radius 2 is 1.72 bits per heavy atom. The molecule has 0 radical (unpaired) electrons. The summed E-state index contributed by atoms with van der Waals surface area (Å²) < 4.78 is 104. The number of fused-ring (bicyclic) bond motifs is 1. The van der Waals surface area contributed by atoms with E-state index in [4.69, 9.17) is 4.74 Å². The number of rotatable bonds is 17. The quantitative estimate of drug-likeness (QED) is 0.0883. The maximum Gasteiger partial charge on any atom is 0.501 e. The highest BCUT2D eigenvalue weighted by Crippen LogP contribution is 2.37. The van der Waals surface area contributed by atoms with E-state index < -0.39 is 41.2 Å². The van der Waals surface area contributed by atoms with Crippen LogP contribution in [-0.4, -0.2) is 112 Å². The van der Waals surface area contributed by atoms with Crippen molar-refractivity contribution < 1.29 is 34.7 Å². The van der Waals surface area contributed by atoms with Crippen LogP contribution in [0.15, 0.2) is 93.8 Å². The Kier molecular flexibility index (Phi) is 15.0. The molecule has 0 aliphatic carbocycles. The fourth-order valence-electron chi connectivity index (χ4n) is 7.29. The maximum absolute atomic E-state index is 14.1. The van der Waals surface area contributed by atoms with Gasteiger partial charge in [-0.1, -0.05) is 42.3 Å². The monoisotopic (exact) mass is 885 g/mol. The first-order valence-corrected chi connectivity index (χ1v) is 23.6. The lowest BCUT2D eigenvalue weighted by atomic mass is 9.98. The summed E-state index contributed by atoms with van der Waals surface area (Å²) in [6.45, 7) is 6.31. The Labute approximate surface area is 355 Å². The molecular formula is C42H50F3N7O5S3. The Morgan fingerprint density at radius 1 is 0.983 bits per heavy atom. The number of halogens is 3. The highest BCUT2D eigenvalue weighted by atomic mass is 32.2. The third-order valence-electron chi connectivity index (χ3n) is 10.5. The molecule has 3 aromatic carbocycles. The number of nitrogens with one attached hydrogen (secondary N) is 2. The molecule has 2 aliphatic rings. The Morgan fingerprint density at radius 3 is 2.43 bits per heavy atom. The summed E-state index contributed by atoms with van der Waals surface area (Å²) in [5.41, 5.74) is -3.69. The van der Waals surface area contributed by atoms with E-state index in [0.717, 1.165) is 60.8 Å². The minimum Gasteiger partial charge on any atom is -0.481 e. The number of thioether (sulfide) groups is 1. The maximum atomic E-state index is 14.1. The van der Waals surface area contributed by atoms with Crippen LogP contribution in [0.5, 0.6) is 5.75 Å². The van der Waals surface area contributed by atoms with Gasteiger partial charge in [-0.2, -0.15) is 13.2 Å². The summed E-state index contributed by atoms with van der Waals surface area (Å²) in [5, 5.41) is 3.00. The molecule has 18 heteroatoms. The number of aromatic nitrogens is 2. The number of benzene rings is 3. The second-order valence-electron chi connectivity index (χ2n) is 15.0. The van der Waals surface area contributed by atoms with Gasteiger partial charge in [0.05, 0.1) is 16.3 Å².